The molecule has 2 rings (SSSR count). The summed E-state index contributed by atoms with van der Waals surface area (Å²) in [6.07, 6.45) is 0. The Balaban J connectivity index is 2.02. The molecule has 1 aliphatic rings. The van der Waals surface area contributed by atoms with E-state index in [1.807, 2.05) is 4.31 Å². The summed E-state index contributed by atoms with van der Waals surface area (Å²) in [5.74, 6) is 0. The van der Waals surface area contributed by atoms with Crippen molar-refractivity contribution in [3.63, 3.8) is 0 Å². The van der Waals surface area contributed by atoms with Gasteiger partial charge < -0.3 is 19.5 Å². The predicted molar refractivity (Wildman–Crippen MR) is 71.7 cm³/mol. The summed E-state index contributed by atoms with van der Waals surface area (Å²) >= 11 is -1.16. The van der Waals surface area contributed by atoms with Gasteiger partial charge in [0.1, 0.15) is 0 Å². The highest BCUT2D eigenvalue weighted by molar-refractivity contribution is 7.89. The lowest BCUT2D eigenvalue weighted by Crippen LogP contribution is -2.47. The Hall–Kier alpha value is -0.565. The van der Waals surface area contributed by atoms with Crippen LogP contribution in [0.4, 0.5) is 0 Å². The maximum atomic E-state index is 12.3. The van der Waals surface area contributed by atoms with Gasteiger partial charge in [-0.15, -0.1) is 4.31 Å². The smallest absolute Gasteiger partial charge is 0.488 e. The molecule has 1 fully saturated rings. The van der Waals surface area contributed by atoms with Crippen molar-refractivity contribution in [3.8, 4) is 0 Å². The zero-order valence-electron chi connectivity index (χ0n) is 10.3. The molecule has 1 unspecified atom stereocenters. The molecule has 7 heteroatoms. The third-order valence-electron chi connectivity index (χ3n) is 3.08. The Morgan fingerprint density at radius 2 is 1.67 bits per heavy atom. The van der Waals surface area contributed by atoms with E-state index in [9.17, 15) is 4.55 Å². The zero-order valence-corrected chi connectivity index (χ0v) is 11.1. The molecule has 98 valence electrons. The lowest BCUT2D eigenvalue weighted by atomic mass is 9.81. The largest absolute Gasteiger partial charge is 0.593 e. The van der Waals surface area contributed by atoms with E-state index in [4.69, 9.17) is 10.0 Å². The summed E-state index contributed by atoms with van der Waals surface area (Å²) < 4.78 is 14.2. The van der Waals surface area contributed by atoms with E-state index < -0.39 is 18.5 Å². The Labute approximate surface area is 110 Å². The summed E-state index contributed by atoms with van der Waals surface area (Å²) in [7, 11) is 0.577. The van der Waals surface area contributed by atoms with Crippen LogP contribution in [-0.4, -0.2) is 64.2 Å². The standard InChI is InChI=1S/C11H17BN2O3S/c1-13-6-8-14(9-7-13)18(17)11-4-2-10(3-5-11)12(15)16/h2-5,15-16H,6-9H2,1H3. The molecule has 5 nitrogen and oxygen atoms in total. The van der Waals surface area contributed by atoms with Crippen LogP contribution < -0.4 is 5.46 Å². The quantitative estimate of drug-likeness (QED) is 0.523. The van der Waals surface area contributed by atoms with Crippen LogP contribution in [0.1, 0.15) is 0 Å². The van der Waals surface area contributed by atoms with E-state index >= 15 is 0 Å². The predicted octanol–water partition coefficient (Wildman–Crippen LogP) is -1.36. The molecule has 1 atom stereocenters. The summed E-state index contributed by atoms with van der Waals surface area (Å²) in [5.41, 5.74) is 0.411. The monoisotopic (exact) mass is 268 g/mol. The Morgan fingerprint density at radius 1 is 1.11 bits per heavy atom. The molecule has 0 radical (unpaired) electrons. The molecular formula is C11H17BN2O3S. The van der Waals surface area contributed by atoms with E-state index in [1.54, 1.807) is 24.3 Å². The second kappa shape index (κ2) is 6.05. The van der Waals surface area contributed by atoms with Crippen LogP contribution in [0.15, 0.2) is 29.2 Å². The van der Waals surface area contributed by atoms with Gasteiger partial charge in [-0.3, -0.25) is 0 Å². The first kappa shape index (κ1) is 13.9. The van der Waals surface area contributed by atoms with Crippen molar-refractivity contribution in [2.75, 3.05) is 33.2 Å². The highest BCUT2D eigenvalue weighted by Crippen LogP contribution is 2.16. The summed E-state index contributed by atoms with van der Waals surface area (Å²) in [6.45, 7) is 3.40. The second-order valence-corrected chi connectivity index (χ2v) is 5.91. The maximum Gasteiger partial charge on any atom is 0.488 e. The summed E-state index contributed by atoms with van der Waals surface area (Å²) in [6, 6.07) is 6.55. The second-order valence-electron chi connectivity index (χ2n) is 4.42. The minimum absolute atomic E-state index is 0.411. The van der Waals surface area contributed by atoms with Gasteiger partial charge in [0.05, 0.1) is 24.5 Å². The first-order chi connectivity index (χ1) is 8.58. The topological polar surface area (TPSA) is 70.0 Å². The van der Waals surface area contributed by atoms with Crippen molar-refractivity contribution in [1.82, 2.24) is 9.21 Å². The third kappa shape index (κ3) is 3.25. The lowest BCUT2D eigenvalue weighted by Gasteiger charge is -2.31. The third-order valence-corrected chi connectivity index (χ3v) is 4.59. The fourth-order valence-corrected chi connectivity index (χ4v) is 3.02. The van der Waals surface area contributed by atoms with Gasteiger partial charge in [0.2, 0.25) is 0 Å². The fraction of sp³-hybridized carbons (Fsp3) is 0.455. The number of likely N-dealkylation sites (N-methyl/N-ethyl adjacent to an activating group) is 1. The van der Waals surface area contributed by atoms with Crippen molar-refractivity contribution in [2.45, 2.75) is 4.90 Å². The number of piperazine rings is 1. The van der Waals surface area contributed by atoms with Crippen LogP contribution in [-0.2, 0) is 11.4 Å². The average Bonchev–Trinajstić information content (AvgIpc) is 2.39. The number of rotatable bonds is 3. The van der Waals surface area contributed by atoms with Crippen LogP contribution in [0.2, 0.25) is 0 Å². The molecule has 0 aliphatic carbocycles. The van der Waals surface area contributed by atoms with Crippen LogP contribution in [0.3, 0.4) is 0 Å². The van der Waals surface area contributed by atoms with Crippen LogP contribution in [0, 0.1) is 0 Å². The molecule has 1 aromatic carbocycles. The van der Waals surface area contributed by atoms with Gasteiger partial charge in [-0.25, -0.2) is 0 Å². The van der Waals surface area contributed by atoms with Gasteiger partial charge in [-0.05, 0) is 24.6 Å². The Kier molecular flexibility index (Phi) is 4.66. The normalized spacial score (nSPS) is 19.8. The minimum Gasteiger partial charge on any atom is -0.593 e. The average molecular weight is 268 g/mol. The van der Waals surface area contributed by atoms with Crippen molar-refractivity contribution >= 4 is 23.9 Å². The first-order valence-electron chi connectivity index (χ1n) is 5.89. The van der Waals surface area contributed by atoms with Crippen molar-refractivity contribution in [3.05, 3.63) is 24.3 Å². The Morgan fingerprint density at radius 3 is 2.17 bits per heavy atom. The Bertz CT molecular complexity index is 382. The summed E-state index contributed by atoms with van der Waals surface area (Å²) in [4.78, 5) is 2.91. The molecule has 0 amide bonds. The molecule has 1 aromatic rings. The first-order valence-corrected chi connectivity index (χ1v) is 7.00. The van der Waals surface area contributed by atoms with Gasteiger partial charge in [0, 0.05) is 13.1 Å². The number of hydrogen-bond acceptors (Lipinski definition) is 5. The van der Waals surface area contributed by atoms with E-state index in [0.717, 1.165) is 26.2 Å². The van der Waals surface area contributed by atoms with Crippen LogP contribution >= 0.6 is 0 Å². The van der Waals surface area contributed by atoms with Crippen LogP contribution in [0.5, 0.6) is 0 Å². The van der Waals surface area contributed by atoms with Gasteiger partial charge in [0.15, 0.2) is 4.90 Å². The molecule has 18 heavy (non-hydrogen) atoms. The minimum atomic E-state index is -1.48. The zero-order chi connectivity index (χ0) is 13.1. The van der Waals surface area contributed by atoms with E-state index in [1.165, 1.54) is 0 Å². The van der Waals surface area contributed by atoms with Crippen molar-refractivity contribution in [1.29, 1.82) is 0 Å². The highest BCUT2D eigenvalue weighted by Gasteiger charge is 2.26. The van der Waals surface area contributed by atoms with Gasteiger partial charge in [-0.1, -0.05) is 12.1 Å². The van der Waals surface area contributed by atoms with Gasteiger partial charge in [-0.2, -0.15) is 0 Å². The van der Waals surface area contributed by atoms with Crippen LogP contribution in [0.25, 0.3) is 0 Å². The SMILES string of the molecule is CN1CCN([S+]([O-])c2ccc(B(O)O)cc2)CC1. The maximum absolute atomic E-state index is 12.3. The summed E-state index contributed by atoms with van der Waals surface area (Å²) in [5, 5.41) is 18.0. The number of hydrogen-bond donors (Lipinski definition) is 2. The molecule has 1 heterocycles. The number of nitrogens with zero attached hydrogens (tertiary/aromatic N) is 2. The molecule has 0 saturated carbocycles. The molecule has 0 aromatic heterocycles. The number of benzene rings is 1. The molecule has 1 aliphatic heterocycles. The molecular weight excluding hydrogens is 251 g/mol. The van der Waals surface area contributed by atoms with Gasteiger partial charge >= 0.3 is 7.12 Å². The molecule has 0 spiro atoms. The molecule has 0 bridgehead atoms. The lowest BCUT2D eigenvalue weighted by molar-refractivity contribution is 0.222. The molecule has 2 N–H and O–H groups in total. The van der Waals surface area contributed by atoms with Gasteiger partial charge in [0.25, 0.3) is 0 Å². The van der Waals surface area contributed by atoms with E-state index in [2.05, 4.69) is 11.9 Å². The molecule has 1 saturated heterocycles. The highest BCUT2D eigenvalue weighted by atomic mass is 32.2. The fourth-order valence-electron chi connectivity index (χ4n) is 1.86. The van der Waals surface area contributed by atoms with E-state index in [0.29, 0.717) is 10.4 Å². The van der Waals surface area contributed by atoms with Crippen molar-refractivity contribution in [2.24, 2.45) is 0 Å². The van der Waals surface area contributed by atoms with Crippen molar-refractivity contribution < 1.29 is 14.6 Å². The van der Waals surface area contributed by atoms with E-state index in [-0.39, 0.29) is 0 Å².